The molecule has 0 spiro atoms. The minimum absolute atomic E-state index is 0.0574. The van der Waals surface area contributed by atoms with Gasteiger partial charge in [0.15, 0.2) is 0 Å². The van der Waals surface area contributed by atoms with Crippen molar-refractivity contribution in [3.63, 3.8) is 0 Å². The lowest BCUT2D eigenvalue weighted by Gasteiger charge is -2.32. The van der Waals surface area contributed by atoms with Crippen molar-refractivity contribution >= 4 is 17.9 Å². The van der Waals surface area contributed by atoms with E-state index in [1.807, 2.05) is 45.9 Å². The molecule has 0 radical (unpaired) electrons. The molecule has 0 saturated carbocycles. The van der Waals surface area contributed by atoms with Crippen LogP contribution in [0.4, 0.5) is 4.79 Å². The third-order valence-corrected chi connectivity index (χ3v) is 5.49. The molecule has 3 amide bonds. The Morgan fingerprint density at radius 2 is 1.59 bits per heavy atom. The maximum atomic E-state index is 14.0. The molecule has 2 aromatic rings. The van der Waals surface area contributed by atoms with Crippen LogP contribution in [0, 0.1) is 26.3 Å². The number of terminal acetylenes is 1. The van der Waals surface area contributed by atoms with Crippen LogP contribution in [0.1, 0.15) is 62.9 Å². The van der Waals surface area contributed by atoms with Crippen LogP contribution in [-0.2, 0) is 20.7 Å². The summed E-state index contributed by atoms with van der Waals surface area (Å²) < 4.78 is 5.38. The van der Waals surface area contributed by atoms with E-state index in [1.165, 1.54) is 12.1 Å². The van der Waals surface area contributed by atoms with Crippen molar-refractivity contribution in [3.05, 3.63) is 64.7 Å². The molecule has 0 heterocycles. The summed E-state index contributed by atoms with van der Waals surface area (Å²) >= 11 is 0. The molecule has 2 atom stereocenters. The van der Waals surface area contributed by atoms with E-state index >= 15 is 0 Å². The number of hydrogen-bond acceptors (Lipinski definition) is 5. The Hall–Kier alpha value is -3.99. The van der Waals surface area contributed by atoms with Gasteiger partial charge in [0.2, 0.25) is 5.91 Å². The summed E-state index contributed by atoms with van der Waals surface area (Å²) in [5, 5.41) is 15.1. The highest BCUT2D eigenvalue weighted by Crippen LogP contribution is 2.28. The van der Waals surface area contributed by atoms with Crippen LogP contribution in [0.2, 0.25) is 0 Å². The van der Waals surface area contributed by atoms with Crippen molar-refractivity contribution in [2.75, 3.05) is 0 Å². The first-order valence-corrected chi connectivity index (χ1v) is 12.2. The quantitative estimate of drug-likeness (QED) is 0.368. The Kier molecular flexibility index (Phi) is 9.73. The van der Waals surface area contributed by atoms with Gasteiger partial charge in [0.25, 0.3) is 5.91 Å². The molecule has 0 aliphatic heterocycles. The first-order chi connectivity index (χ1) is 17.2. The first-order valence-electron chi connectivity index (χ1n) is 12.2. The topological polar surface area (TPSA) is 108 Å². The molecule has 2 unspecified atom stereocenters. The number of rotatable bonds is 8. The van der Waals surface area contributed by atoms with Gasteiger partial charge in [-0.1, -0.05) is 36.8 Å². The number of carbonyl (C=O) groups is 3. The van der Waals surface area contributed by atoms with E-state index in [9.17, 15) is 19.5 Å². The average molecular weight is 508 g/mol. The van der Waals surface area contributed by atoms with Crippen molar-refractivity contribution in [2.45, 2.75) is 78.6 Å². The summed E-state index contributed by atoms with van der Waals surface area (Å²) in [7, 11) is 0. The number of nitrogens with one attached hydrogen (secondary N) is 2. The molecule has 3 N–H and O–H groups in total. The van der Waals surface area contributed by atoms with Crippen LogP contribution in [0.15, 0.2) is 42.5 Å². The van der Waals surface area contributed by atoms with Gasteiger partial charge in [0, 0.05) is 18.5 Å². The van der Waals surface area contributed by atoms with Crippen molar-refractivity contribution in [1.29, 1.82) is 0 Å². The van der Waals surface area contributed by atoms with Crippen LogP contribution in [-0.4, -0.2) is 45.6 Å². The van der Waals surface area contributed by atoms with Crippen LogP contribution in [0.3, 0.4) is 0 Å². The van der Waals surface area contributed by atoms with Gasteiger partial charge in [-0.25, -0.2) is 4.79 Å². The second-order valence-electron chi connectivity index (χ2n) is 10.3. The van der Waals surface area contributed by atoms with E-state index in [2.05, 4.69) is 16.7 Å². The van der Waals surface area contributed by atoms with Crippen LogP contribution in [0.5, 0.6) is 5.75 Å². The first kappa shape index (κ1) is 29.2. The van der Waals surface area contributed by atoms with Gasteiger partial charge in [-0.3, -0.25) is 14.5 Å². The molecule has 8 nitrogen and oxygen atoms in total. The maximum Gasteiger partial charge on any atom is 0.408 e. The fourth-order valence-electron chi connectivity index (χ4n) is 3.95. The third-order valence-electron chi connectivity index (χ3n) is 5.49. The normalized spacial score (nSPS) is 12.7. The molecule has 0 aliphatic rings. The highest BCUT2D eigenvalue weighted by molar-refractivity contribution is 5.94. The van der Waals surface area contributed by atoms with Gasteiger partial charge in [0.1, 0.15) is 23.4 Å². The van der Waals surface area contributed by atoms with E-state index < -0.39 is 35.6 Å². The minimum atomic E-state index is -1.14. The lowest BCUT2D eigenvalue weighted by atomic mass is 9.93. The fourth-order valence-corrected chi connectivity index (χ4v) is 3.95. The molecule has 2 aromatic carbocycles. The number of amides is 3. The van der Waals surface area contributed by atoms with E-state index in [1.54, 1.807) is 32.9 Å². The molecular weight excluding hydrogens is 470 g/mol. The molecule has 37 heavy (non-hydrogen) atoms. The monoisotopic (exact) mass is 507 g/mol. The summed E-state index contributed by atoms with van der Waals surface area (Å²) in [5.74, 6) is -1.01. The van der Waals surface area contributed by atoms with Crippen molar-refractivity contribution in [2.24, 2.45) is 0 Å². The van der Waals surface area contributed by atoms with Crippen LogP contribution >= 0.6 is 0 Å². The zero-order chi connectivity index (χ0) is 27.9. The number of hydrogen-bond donors (Lipinski definition) is 3. The van der Waals surface area contributed by atoms with Gasteiger partial charge in [-0.05, 0) is 82.9 Å². The highest BCUT2D eigenvalue weighted by atomic mass is 16.6. The summed E-state index contributed by atoms with van der Waals surface area (Å²) in [5.41, 5.74) is 2.09. The van der Waals surface area contributed by atoms with E-state index in [0.29, 0.717) is 11.1 Å². The summed E-state index contributed by atoms with van der Waals surface area (Å²) in [6.45, 7) is 12.5. The van der Waals surface area contributed by atoms with Crippen LogP contribution < -0.4 is 10.6 Å². The molecule has 0 aliphatic carbocycles. The predicted molar refractivity (Wildman–Crippen MR) is 143 cm³/mol. The number of phenols is 1. The Morgan fingerprint density at radius 3 is 2.08 bits per heavy atom. The Morgan fingerprint density at radius 1 is 1.03 bits per heavy atom. The smallest absolute Gasteiger partial charge is 0.408 e. The number of benzene rings is 2. The molecule has 0 aromatic heterocycles. The maximum absolute atomic E-state index is 14.0. The second-order valence-corrected chi connectivity index (χ2v) is 10.3. The zero-order valence-electron chi connectivity index (χ0n) is 22.6. The molecule has 2 rings (SSSR count). The number of carbonyl (C=O) groups excluding carboxylic acids is 3. The standard InChI is InChI=1S/C29H37N3O5/c1-9-32(25(26(34)30-18(2)3)24-19(4)11-10-12-20(24)5)27(35)23(31-28(36)37-29(6,7)8)17-21-13-15-22(33)16-14-21/h1,10-16,18,23,25,33H,17H2,2-8H3,(H,30,34)(H,31,36). The number of alkyl carbamates (subject to hydrolysis) is 1. The Balaban J connectivity index is 2.55. The van der Waals surface area contributed by atoms with Crippen molar-refractivity contribution in [3.8, 4) is 18.2 Å². The molecule has 0 saturated heterocycles. The second kappa shape index (κ2) is 12.3. The van der Waals surface area contributed by atoms with Crippen LogP contribution in [0.25, 0.3) is 0 Å². The summed E-state index contributed by atoms with van der Waals surface area (Å²) in [6.07, 6.45) is 5.13. The lowest BCUT2D eigenvalue weighted by Crippen LogP contribution is -2.53. The fraction of sp³-hybridized carbons (Fsp3) is 0.414. The summed E-state index contributed by atoms with van der Waals surface area (Å²) in [6, 6.07) is 11.8. The van der Waals surface area contributed by atoms with Gasteiger partial charge in [-0.15, -0.1) is 0 Å². The van der Waals surface area contributed by atoms with E-state index in [4.69, 9.17) is 11.2 Å². The third kappa shape index (κ3) is 8.28. The minimum Gasteiger partial charge on any atom is -0.508 e. The highest BCUT2D eigenvalue weighted by Gasteiger charge is 2.37. The molecule has 0 bridgehead atoms. The molecule has 198 valence electrons. The van der Waals surface area contributed by atoms with Gasteiger partial charge < -0.3 is 20.5 Å². The Labute approximate surface area is 219 Å². The van der Waals surface area contributed by atoms with Crippen molar-refractivity contribution in [1.82, 2.24) is 15.5 Å². The number of nitrogens with zero attached hydrogens (tertiary/aromatic N) is 1. The van der Waals surface area contributed by atoms with Gasteiger partial charge >= 0.3 is 6.09 Å². The Bertz CT molecular complexity index is 1140. The molecular formula is C29H37N3O5. The molecule has 8 heteroatoms. The SMILES string of the molecule is C#CN(C(=O)C(Cc1ccc(O)cc1)NC(=O)OC(C)(C)C)C(C(=O)NC(C)C)c1c(C)cccc1C. The zero-order valence-corrected chi connectivity index (χ0v) is 22.6. The number of ether oxygens (including phenoxy) is 1. The number of aryl methyl sites for hydroxylation is 2. The largest absolute Gasteiger partial charge is 0.508 e. The number of aromatic hydroxyl groups is 1. The average Bonchev–Trinajstić information content (AvgIpc) is 2.77. The van der Waals surface area contributed by atoms with Crippen molar-refractivity contribution < 1.29 is 24.2 Å². The van der Waals surface area contributed by atoms with E-state index in [-0.39, 0.29) is 18.2 Å². The number of phenolic OH excluding ortho intramolecular Hbond substituents is 1. The van der Waals surface area contributed by atoms with E-state index in [0.717, 1.165) is 16.0 Å². The molecule has 0 fully saturated rings. The lowest BCUT2D eigenvalue weighted by molar-refractivity contribution is -0.138. The predicted octanol–water partition coefficient (Wildman–Crippen LogP) is 4.13. The van der Waals surface area contributed by atoms with Gasteiger partial charge in [0.05, 0.1) is 0 Å². The van der Waals surface area contributed by atoms with Gasteiger partial charge in [-0.2, -0.15) is 0 Å². The summed E-state index contributed by atoms with van der Waals surface area (Å²) in [4.78, 5) is 41.1.